The second-order valence-electron chi connectivity index (χ2n) is 4.52. The summed E-state index contributed by atoms with van der Waals surface area (Å²) in [5.74, 6) is 0.689. The summed E-state index contributed by atoms with van der Waals surface area (Å²) in [5.41, 5.74) is 1.80. The van der Waals surface area contributed by atoms with Crippen molar-refractivity contribution in [3.63, 3.8) is 0 Å². The molecular weight excluding hydrogens is 320 g/mol. The Labute approximate surface area is 134 Å². The molecule has 0 spiro atoms. The van der Waals surface area contributed by atoms with Crippen molar-refractivity contribution in [2.45, 2.75) is 0 Å². The largest absolute Gasteiger partial charge is 0.430 e. The van der Waals surface area contributed by atoms with Gasteiger partial charge in [-0.1, -0.05) is 11.6 Å². The number of ether oxygens (including phenoxy) is 1. The smallest absolute Gasteiger partial charge is 0.299 e. The van der Waals surface area contributed by atoms with Crippen molar-refractivity contribution in [3.8, 4) is 22.2 Å². The van der Waals surface area contributed by atoms with E-state index in [1.165, 1.54) is 11.3 Å². The van der Waals surface area contributed by atoms with Gasteiger partial charge in [0.15, 0.2) is 0 Å². The summed E-state index contributed by atoms with van der Waals surface area (Å²) in [6.07, 6.45) is 5.37. The number of halogens is 1. The van der Waals surface area contributed by atoms with Crippen LogP contribution >= 0.6 is 22.9 Å². The first-order chi connectivity index (χ1) is 10.8. The fraction of sp³-hybridized carbons (Fsp3) is 0. The highest BCUT2D eigenvalue weighted by atomic mass is 35.5. The van der Waals surface area contributed by atoms with Gasteiger partial charge in [0.25, 0.3) is 5.19 Å². The number of pyridine rings is 1. The standard InChI is InChI=1S/C15H9ClN4OS/c16-11-3-5-12(6-4-11)21-15-19-20-9-13(18-14(20)22-15)10-2-1-7-17-8-10/h1-9H. The van der Waals surface area contributed by atoms with E-state index in [2.05, 4.69) is 15.1 Å². The molecule has 0 fully saturated rings. The van der Waals surface area contributed by atoms with E-state index < -0.39 is 0 Å². The molecule has 0 N–H and O–H groups in total. The van der Waals surface area contributed by atoms with Crippen LogP contribution in [-0.4, -0.2) is 19.6 Å². The minimum Gasteiger partial charge on any atom is -0.430 e. The molecule has 4 aromatic rings. The van der Waals surface area contributed by atoms with E-state index in [1.807, 2.05) is 18.3 Å². The van der Waals surface area contributed by atoms with Crippen molar-refractivity contribution in [3.05, 3.63) is 60.0 Å². The molecule has 0 saturated carbocycles. The number of imidazole rings is 1. The van der Waals surface area contributed by atoms with E-state index >= 15 is 0 Å². The third-order valence-corrected chi connectivity index (χ3v) is 4.05. The van der Waals surface area contributed by atoms with E-state index in [-0.39, 0.29) is 0 Å². The van der Waals surface area contributed by atoms with Crippen LogP contribution in [0.2, 0.25) is 5.02 Å². The first-order valence-electron chi connectivity index (χ1n) is 6.48. The van der Waals surface area contributed by atoms with E-state index in [1.54, 1.807) is 41.2 Å². The molecule has 0 saturated heterocycles. The molecule has 0 aliphatic heterocycles. The Balaban J connectivity index is 1.62. The minimum atomic E-state index is 0.530. The molecule has 0 unspecified atom stereocenters. The van der Waals surface area contributed by atoms with Crippen LogP contribution in [0, 0.1) is 0 Å². The molecule has 22 heavy (non-hydrogen) atoms. The van der Waals surface area contributed by atoms with Gasteiger partial charge in [0.05, 0.1) is 11.9 Å². The predicted octanol–water partition coefficient (Wildman–Crippen LogP) is 4.30. The van der Waals surface area contributed by atoms with E-state index in [9.17, 15) is 0 Å². The van der Waals surface area contributed by atoms with E-state index in [0.717, 1.165) is 16.2 Å². The molecule has 108 valence electrons. The summed E-state index contributed by atoms with van der Waals surface area (Å²) in [6, 6.07) is 11.0. The van der Waals surface area contributed by atoms with Crippen molar-refractivity contribution in [1.29, 1.82) is 0 Å². The highest BCUT2D eigenvalue weighted by Crippen LogP contribution is 2.29. The lowest BCUT2D eigenvalue weighted by molar-refractivity contribution is 0.470. The third kappa shape index (κ3) is 2.54. The Morgan fingerprint density at radius 3 is 2.73 bits per heavy atom. The molecule has 0 radical (unpaired) electrons. The van der Waals surface area contributed by atoms with Gasteiger partial charge in [-0.25, -0.2) is 9.50 Å². The first-order valence-corrected chi connectivity index (χ1v) is 7.67. The Morgan fingerprint density at radius 1 is 1.14 bits per heavy atom. The Kier molecular flexibility index (Phi) is 3.25. The van der Waals surface area contributed by atoms with Gasteiger partial charge >= 0.3 is 0 Å². The second-order valence-corrected chi connectivity index (χ2v) is 5.87. The fourth-order valence-corrected chi connectivity index (χ4v) is 2.86. The van der Waals surface area contributed by atoms with Crippen LogP contribution in [-0.2, 0) is 0 Å². The van der Waals surface area contributed by atoms with Crippen LogP contribution in [0.15, 0.2) is 55.0 Å². The summed E-state index contributed by atoms with van der Waals surface area (Å²) in [6.45, 7) is 0. The molecule has 0 aliphatic carbocycles. The van der Waals surface area contributed by atoms with Crippen LogP contribution in [0.4, 0.5) is 0 Å². The number of fused-ring (bicyclic) bond motifs is 1. The van der Waals surface area contributed by atoms with Crippen LogP contribution in [0.5, 0.6) is 10.9 Å². The second kappa shape index (κ2) is 5.40. The predicted molar refractivity (Wildman–Crippen MR) is 85.6 cm³/mol. The zero-order chi connectivity index (χ0) is 14.9. The number of benzene rings is 1. The molecule has 3 heterocycles. The molecular formula is C15H9ClN4OS. The van der Waals surface area contributed by atoms with Gasteiger partial charge in [0.1, 0.15) is 5.75 Å². The zero-order valence-corrected chi connectivity index (χ0v) is 12.8. The third-order valence-electron chi connectivity index (χ3n) is 3.00. The number of nitrogens with zero attached hydrogens (tertiary/aromatic N) is 4. The van der Waals surface area contributed by atoms with Gasteiger partial charge < -0.3 is 4.74 Å². The van der Waals surface area contributed by atoms with Gasteiger partial charge in [-0.15, -0.1) is 5.10 Å². The van der Waals surface area contributed by atoms with Crippen molar-refractivity contribution < 1.29 is 4.74 Å². The van der Waals surface area contributed by atoms with Crippen molar-refractivity contribution in [2.24, 2.45) is 0 Å². The highest BCUT2D eigenvalue weighted by Gasteiger charge is 2.11. The average Bonchev–Trinajstić information content (AvgIpc) is 3.09. The molecule has 0 aliphatic rings. The topological polar surface area (TPSA) is 52.3 Å². The quantitative estimate of drug-likeness (QED) is 0.562. The maximum absolute atomic E-state index is 5.85. The lowest BCUT2D eigenvalue weighted by atomic mass is 10.2. The van der Waals surface area contributed by atoms with Crippen LogP contribution in [0.25, 0.3) is 16.2 Å². The summed E-state index contributed by atoms with van der Waals surface area (Å²) in [4.78, 5) is 9.40. The van der Waals surface area contributed by atoms with Crippen LogP contribution < -0.4 is 4.74 Å². The molecule has 4 rings (SSSR count). The Morgan fingerprint density at radius 2 is 2.00 bits per heavy atom. The van der Waals surface area contributed by atoms with Crippen LogP contribution in [0.3, 0.4) is 0 Å². The summed E-state index contributed by atoms with van der Waals surface area (Å²) in [7, 11) is 0. The van der Waals surface area contributed by atoms with Crippen LogP contribution in [0.1, 0.15) is 0 Å². The number of hydrogen-bond donors (Lipinski definition) is 0. The molecule has 3 aromatic heterocycles. The Bertz CT molecular complexity index is 886. The molecule has 0 bridgehead atoms. The zero-order valence-electron chi connectivity index (χ0n) is 11.2. The normalized spacial score (nSPS) is 11.0. The number of aromatic nitrogens is 4. The highest BCUT2D eigenvalue weighted by molar-refractivity contribution is 7.18. The van der Waals surface area contributed by atoms with Gasteiger partial charge in [0, 0.05) is 23.0 Å². The summed E-state index contributed by atoms with van der Waals surface area (Å²) in [5, 5.41) is 5.57. The van der Waals surface area contributed by atoms with E-state index in [0.29, 0.717) is 16.0 Å². The van der Waals surface area contributed by atoms with Gasteiger partial charge in [-0.05, 0) is 47.7 Å². The minimum absolute atomic E-state index is 0.530. The molecule has 0 amide bonds. The van der Waals surface area contributed by atoms with Gasteiger partial charge in [0.2, 0.25) is 4.96 Å². The lowest BCUT2D eigenvalue weighted by Gasteiger charge is -2.00. The number of rotatable bonds is 3. The van der Waals surface area contributed by atoms with E-state index in [4.69, 9.17) is 16.3 Å². The maximum Gasteiger partial charge on any atom is 0.299 e. The number of hydrogen-bond acceptors (Lipinski definition) is 5. The monoisotopic (exact) mass is 328 g/mol. The Hall–Kier alpha value is -2.44. The summed E-state index contributed by atoms with van der Waals surface area (Å²) < 4.78 is 7.40. The first kappa shape index (κ1) is 13.2. The molecule has 5 nitrogen and oxygen atoms in total. The van der Waals surface area contributed by atoms with Gasteiger partial charge in [-0.2, -0.15) is 0 Å². The maximum atomic E-state index is 5.85. The molecule has 1 aromatic carbocycles. The SMILES string of the molecule is Clc1ccc(Oc2nn3cc(-c4cccnc4)nc3s2)cc1. The van der Waals surface area contributed by atoms with Gasteiger partial charge in [-0.3, -0.25) is 4.98 Å². The van der Waals surface area contributed by atoms with Crippen molar-refractivity contribution >= 4 is 27.9 Å². The lowest BCUT2D eigenvalue weighted by Crippen LogP contribution is -1.85. The average molecular weight is 329 g/mol. The molecule has 7 heteroatoms. The molecule has 0 atom stereocenters. The summed E-state index contributed by atoms with van der Waals surface area (Å²) >= 11 is 7.23. The van der Waals surface area contributed by atoms with Crippen molar-refractivity contribution in [1.82, 2.24) is 19.6 Å². The van der Waals surface area contributed by atoms with Crippen molar-refractivity contribution in [2.75, 3.05) is 0 Å². The fourth-order valence-electron chi connectivity index (χ4n) is 1.98.